The van der Waals surface area contributed by atoms with Crippen LogP contribution in [0.3, 0.4) is 0 Å². The van der Waals surface area contributed by atoms with Crippen molar-refractivity contribution in [1.82, 2.24) is 4.90 Å². The molecule has 2 heterocycles. The summed E-state index contributed by atoms with van der Waals surface area (Å²) in [5.74, 6) is -2.89. The molecule has 7 nitrogen and oxygen atoms in total. The van der Waals surface area contributed by atoms with Gasteiger partial charge >= 0.3 is 5.97 Å². The fourth-order valence-electron chi connectivity index (χ4n) is 2.42. The van der Waals surface area contributed by atoms with Crippen molar-refractivity contribution in [2.24, 2.45) is 0 Å². The Balaban J connectivity index is 1.93. The Kier molecular flexibility index (Phi) is 3.94. The zero-order chi connectivity index (χ0) is 16.4. The minimum atomic E-state index is -1.41. The number of carboxylic acid groups (broad SMARTS) is 1. The van der Waals surface area contributed by atoms with Gasteiger partial charge in [-0.05, 0) is 5.56 Å². The number of rotatable bonds is 3. The number of ether oxygens (including phenoxy) is 1. The van der Waals surface area contributed by atoms with Crippen LogP contribution in [0, 0.1) is 0 Å². The number of hydrogen-bond acceptors (Lipinski definition) is 5. The third kappa shape index (κ3) is 3.00. The lowest BCUT2D eigenvalue weighted by atomic mass is 10.1. The van der Waals surface area contributed by atoms with Crippen LogP contribution < -0.4 is 5.43 Å². The van der Waals surface area contributed by atoms with Crippen LogP contribution >= 0.6 is 0 Å². The summed E-state index contributed by atoms with van der Waals surface area (Å²) in [7, 11) is 0. The van der Waals surface area contributed by atoms with Gasteiger partial charge in [0, 0.05) is 12.1 Å². The Hall–Kier alpha value is -2.93. The average Bonchev–Trinajstić information content (AvgIpc) is 3.04. The van der Waals surface area contributed by atoms with Crippen LogP contribution in [-0.4, -0.2) is 35.2 Å². The van der Waals surface area contributed by atoms with Crippen LogP contribution in [-0.2, 0) is 4.74 Å². The highest BCUT2D eigenvalue weighted by Gasteiger charge is 2.33. The summed E-state index contributed by atoms with van der Waals surface area (Å²) in [6, 6.07) is 10.8. The molecule has 3 rings (SSSR count). The number of aromatic carboxylic acids is 1. The number of carboxylic acids is 1. The minimum Gasteiger partial charge on any atom is -0.475 e. The predicted molar refractivity (Wildman–Crippen MR) is 78.1 cm³/mol. The molecule has 1 aromatic carbocycles. The Labute approximate surface area is 130 Å². The summed E-state index contributed by atoms with van der Waals surface area (Å²) in [6.45, 7) is 0.359. The molecule has 0 bridgehead atoms. The summed E-state index contributed by atoms with van der Waals surface area (Å²) < 4.78 is 10.4. The second kappa shape index (κ2) is 6.05. The van der Waals surface area contributed by atoms with Gasteiger partial charge in [0.15, 0.2) is 11.2 Å². The van der Waals surface area contributed by atoms with Gasteiger partial charge < -0.3 is 19.2 Å². The maximum atomic E-state index is 12.6. The van der Waals surface area contributed by atoms with E-state index in [0.29, 0.717) is 6.61 Å². The van der Waals surface area contributed by atoms with Crippen LogP contribution in [0.25, 0.3) is 0 Å². The number of hydrogen-bond donors (Lipinski definition) is 1. The van der Waals surface area contributed by atoms with Gasteiger partial charge in [-0.3, -0.25) is 9.59 Å². The number of benzene rings is 1. The predicted octanol–water partition coefficient (Wildman–Crippen LogP) is 1.51. The van der Waals surface area contributed by atoms with Crippen molar-refractivity contribution < 1.29 is 23.8 Å². The van der Waals surface area contributed by atoms with Crippen molar-refractivity contribution in [3.63, 3.8) is 0 Å². The zero-order valence-corrected chi connectivity index (χ0v) is 12.0. The van der Waals surface area contributed by atoms with E-state index in [0.717, 1.165) is 17.7 Å². The van der Waals surface area contributed by atoms with Gasteiger partial charge in [0.25, 0.3) is 5.91 Å². The van der Waals surface area contributed by atoms with E-state index in [2.05, 4.69) is 0 Å². The molecule has 2 aromatic rings. The van der Waals surface area contributed by atoms with Gasteiger partial charge in [-0.1, -0.05) is 30.3 Å². The normalized spacial score (nSPS) is 17.2. The summed E-state index contributed by atoms with van der Waals surface area (Å²) in [5, 5.41) is 8.93. The first-order chi connectivity index (χ1) is 11.1. The van der Waals surface area contributed by atoms with E-state index in [1.54, 1.807) is 0 Å². The molecule has 1 amide bonds. The molecule has 7 heteroatoms. The van der Waals surface area contributed by atoms with Crippen molar-refractivity contribution in [3.8, 4) is 0 Å². The largest absolute Gasteiger partial charge is 0.475 e. The van der Waals surface area contributed by atoms with E-state index < -0.39 is 23.1 Å². The van der Waals surface area contributed by atoms with E-state index in [1.807, 2.05) is 30.3 Å². The molecule has 0 spiro atoms. The summed E-state index contributed by atoms with van der Waals surface area (Å²) in [6.07, 6.45) is 0. The van der Waals surface area contributed by atoms with E-state index in [9.17, 15) is 14.4 Å². The van der Waals surface area contributed by atoms with Crippen molar-refractivity contribution in [2.75, 3.05) is 13.3 Å². The van der Waals surface area contributed by atoms with Crippen LogP contribution in [0.5, 0.6) is 0 Å². The molecule has 1 aliphatic heterocycles. The van der Waals surface area contributed by atoms with Gasteiger partial charge in [0.05, 0.1) is 12.6 Å². The second-order valence-electron chi connectivity index (χ2n) is 5.03. The fourth-order valence-corrected chi connectivity index (χ4v) is 2.42. The lowest BCUT2D eigenvalue weighted by molar-refractivity contribution is 0.0602. The van der Waals surface area contributed by atoms with Crippen LogP contribution in [0.2, 0.25) is 0 Å². The first kappa shape index (κ1) is 15.0. The number of carbonyl (C=O) groups is 2. The molecule has 1 aliphatic rings. The fraction of sp³-hybridized carbons (Fsp3) is 0.188. The molecule has 1 atom stereocenters. The highest BCUT2D eigenvalue weighted by Crippen LogP contribution is 2.27. The Morgan fingerprint density at radius 1 is 1.13 bits per heavy atom. The molecule has 1 N–H and O–H groups in total. The molecule has 118 valence electrons. The van der Waals surface area contributed by atoms with Crippen molar-refractivity contribution in [2.45, 2.75) is 6.04 Å². The molecule has 1 saturated heterocycles. The second-order valence-corrected chi connectivity index (χ2v) is 5.03. The number of amides is 1. The van der Waals surface area contributed by atoms with E-state index >= 15 is 0 Å². The Morgan fingerprint density at radius 2 is 1.83 bits per heavy atom. The van der Waals surface area contributed by atoms with E-state index in [-0.39, 0.29) is 18.5 Å². The van der Waals surface area contributed by atoms with Gasteiger partial charge in [-0.15, -0.1) is 0 Å². The smallest absolute Gasteiger partial charge is 0.371 e. The SMILES string of the molecule is O=C(O)c1cc(=O)cc(C(=O)N2COC[C@@H]2c2ccccc2)o1. The molecule has 0 radical (unpaired) electrons. The van der Waals surface area contributed by atoms with Crippen molar-refractivity contribution >= 4 is 11.9 Å². The van der Waals surface area contributed by atoms with Gasteiger partial charge in [0.1, 0.15) is 6.73 Å². The molecule has 0 aliphatic carbocycles. The molecule has 1 fully saturated rings. The summed E-state index contributed by atoms with van der Waals surface area (Å²) >= 11 is 0. The lowest BCUT2D eigenvalue weighted by Crippen LogP contribution is -2.32. The lowest BCUT2D eigenvalue weighted by Gasteiger charge is -2.22. The van der Waals surface area contributed by atoms with E-state index in [1.165, 1.54) is 4.90 Å². The quantitative estimate of drug-likeness (QED) is 0.922. The Morgan fingerprint density at radius 3 is 2.52 bits per heavy atom. The molecule has 23 heavy (non-hydrogen) atoms. The monoisotopic (exact) mass is 315 g/mol. The highest BCUT2D eigenvalue weighted by molar-refractivity contribution is 5.93. The highest BCUT2D eigenvalue weighted by atomic mass is 16.5. The average molecular weight is 315 g/mol. The van der Waals surface area contributed by atoms with Gasteiger partial charge in [-0.25, -0.2) is 4.79 Å². The zero-order valence-electron chi connectivity index (χ0n) is 12.0. The maximum Gasteiger partial charge on any atom is 0.371 e. The molecule has 0 saturated carbocycles. The topological polar surface area (TPSA) is 97.0 Å². The molecule has 0 unspecified atom stereocenters. The van der Waals surface area contributed by atoms with Gasteiger partial charge in [0.2, 0.25) is 5.76 Å². The molecular formula is C16H13NO6. The van der Waals surface area contributed by atoms with Crippen molar-refractivity contribution in [3.05, 3.63) is 69.8 Å². The summed E-state index contributed by atoms with van der Waals surface area (Å²) in [5.41, 5.74) is 0.281. The third-order valence-corrected chi connectivity index (χ3v) is 3.52. The third-order valence-electron chi connectivity index (χ3n) is 3.52. The maximum absolute atomic E-state index is 12.6. The van der Waals surface area contributed by atoms with Crippen LogP contribution in [0.1, 0.15) is 32.7 Å². The Bertz CT molecular complexity index is 798. The summed E-state index contributed by atoms with van der Waals surface area (Å²) in [4.78, 5) is 36.5. The van der Waals surface area contributed by atoms with Crippen LogP contribution in [0.15, 0.2) is 51.7 Å². The number of carbonyl (C=O) groups excluding carboxylic acids is 1. The molecule has 1 aromatic heterocycles. The standard InChI is InChI=1S/C16H13NO6/c18-11-6-13(23-14(7-11)16(20)21)15(19)17-9-22-8-12(17)10-4-2-1-3-5-10/h1-7,12H,8-9H2,(H,20,21)/t12-/m1/s1. The van der Waals surface area contributed by atoms with Crippen LogP contribution in [0.4, 0.5) is 0 Å². The first-order valence-corrected chi connectivity index (χ1v) is 6.88. The van der Waals surface area contributed by atoms with E-state index in [4.69, 9.17) is 14.3 Å². The first-order valence-electron chi connectivity index (χ1n) is 6.88. The molecular weight excluding hydrogens is 302 g/mol. The number of nitrogens with zero attached hydrogens (tertiary/aromatic N) is 1. The minimum absolute atomic E-state index is 0.0411. The van der Waals surface area contributed by atoms with Gasteiger partial charge in [-0.2, -0.15) is 0 Å². The van der Waals surface area contributed by atoms with Crippen molar-refractivity contribution in [1.29, 1.82) is 0 Å².